The zero-order valence-electron chi connectivity index (χ0n) is 16.9. The summed E-state index contributed by atoms with van der Waals surface area (Å²) in [7, 11) is -3.55. The summed E-state index contributed by atoms with van der Waals surface area (Å²) in [5.41, 5.74) is 2.97. The lowest BCUT2D eigenvalue weighted by molar-refractivity contribution is 0.0697. The molecular formula is C21H27N3O4S. The van der Waals surface area contributed by atoms with Gasteiger partial charge in [0.15, 0.2) is 0 Å². The number of aromatic carboxylic acids is 1. The number of rotatable bonds is 6. The Morgan fingerprint density at radius 2 is 1.66 bits per heavy atom. The Hall–Kier alpha value is -2.58. The molecule has 1 fully saturated rings. The lowest BCUT2D eigenvalue weighted by Crippen LogP contribution is -2.48. The summed E-state index contributed by atoms with van der Waals surface area (Å²) in [5.74, 6) is -0.961. The molecule has 0 radical (unpaired) electrons. The van der Waals surface area contributed by atoms with Crippen molar-refractivity contribution in [3.8, 4) is 0 Å². The maximum Gasteiger partial charge on any atom is 0.335 e. The highest BCUT2D eigenvalue weighted by atomic mass is 32.2. The van der Waals surface area contributed by atoms with Crippen LogP contribution in [0.5, 0.6) is 0 Å². The first-order valence-corrected chi connectivity index (χ1v) is 11.1. The van der Waals surface area contributed by atoms with Crippen molar-refractivity contribution in [1.29, 1.82) is 0 Å². The minimum atomic E-state index is -3.55. The van der Waals surface area contributed by atoms with Crippen LogP contribution in [0.15, 0.2) is 47.4 Å². The van der Waals surface area contributed by atoms with E-state index in [0.717, 1.165) is 16.9 Å². The topological polar surface area (TPSA) is 90.0 Å². The number of carbonyl (C=O) groups is 1. The molecule has 8 heteroatoms. The largest absolute Gasteiger partial charge is 0.478 e. The Kier molecular flexibility index (Phi) is 6.14. The predicted octanol–water partition coefficient (Wildman–Crippen LogP) is 3.02. The summed E-state index contributed by atoms with van der Waals surface area (Å²) in [6.45, 7) is 7.86. The first-order valence-electron chi connectivity index (χ1n) is 9.64. The molecule has 0 aromatic heterocycles. The molecule has 29 heavy (non-hydrogen) atoms. The minimum absolute atomic E-state index is 0.237. The first kappa shape index (κ1) is 21.1. The van der Waals surface area contributed by atoms with Gasteiger partial charge in [-0.15, -0.1) is 0 Å². The number of hydrogen-bond donors (Lipinski definition) is 2. The molecule has 1 saturated heterocycles. The molecule has 2 aromatic carbocycles. The van der Waals surface area contributed by atoms with Crippen molar-refractivity contribution in [3.05, 3.63) is 53.6 Å². The quantitative estimate of drug-likeness (QED) is 0.751. The van der Waals surface area contributed by atoms with Gasteiger partial charge in [0.2, 0.25) is 10.0 Å². The zero-order valence-corrected chi connectivity index (χ0v) is 17.7. The zero-order chi connectivity index (χ0) is 21.2. The van der Waals surface area contributed by atoms with Crippen LogP contribution in [0.4, 0.5) is 11.4 Å². The molecule has 0 bridgehead atoms. The molecule has 0 unspecified atom stereocenters. The van der Waals surface area contributed by atoms with Gasteiger partial charge in [0.05, 0.1) is 10.5 Å². The summed E-state index contributed by atoms with van der Waals surface area (Å²) in [6.07, 6.45) is 0. The van der Waals surface area contributed by atoms with E-state index in [-0.39, 0.29) is 11.6 Å². The Morgan fingerprint density at radius 3 is 2.17 bits per heavy atom. The average molecular weight is 418 g/mol. The van der Waals surface area contributed by atoms with Gasteiger partial charge in [-0.25, -0.2) is 13.2 Å². The smallest absolute Gasteiger partial charge is 0.335 e. The molecule has 3 rings (SSSR count). The number of carboxylic acids is 1. The van der Waals surface area contributed by atoms with Crippen LogP contribution in [0, 0.1) is 6.92 Å². The van der Waals surface area contributed by atoms with E-state index >= 15 is 0 Å². The van der Waals surface area contributed by atoms with Gasteiger partial charge < -0.3 is 15.3 Å². The molecular weight excluding hydrogens is 390 g/mol. The number of nitrogens with zero attached hydrogens (tertiary/aromatic N) is 2. The van der Waals surface area contributed by atoms with E-state index in [1.165, 1.54) is 4.31 Å². The van der Waals surface area contributed by atoms with Gasteiger partial charge in [-0.05, 0) is 68.8 Å². The number of anilines is 2. The van der Waals surface area contributed by atoms with Gasteiger partial charge in [-0.3, -0.25) is 0 Å². The molecule has 1 aliphatic heterocycles. The molecule has 0 saturated carbocycles. The monoisotopic (exact) mass is 417 g/mol. The van der Waals surface area contributed by atoms with E-state index in [1.54, 1.807) is 36.4 Å². The molecule has 2 N–H and O–H groups in total. The highest BCUT2D eigenvalue weighted by molar-refractivity contribution is 7.89. The number of carboxylic acid groups (broad SMARTS) is 1. The number of benzene rings is 2. The summed E-state index contributed by atoms with van der Waals surface area (Å²) in [5, 5.41) is 12.3. The number of sulfonamides is 1. The van der Waals surface area contributed by atoms with Crippen LogP contribution in [-0.2, 0) is 10.0 Å². The summed E-state index contributed by atoms with van der Waals surface area (Å²) < 4.78 is 27.6. The number of hydrogen-bond acceptors (Lipinski definition) is 5. The van der Waals surface area contributed by atoms with Crippen molar-refractivity contribution in [2.24, 2.45) is 0 Å². The lowest BCUT2D eigenvalue weighted by Gasteiger charge is -2.35. The standard InChI is InChI=1S/C21H27N3O4S/c1-15(2)22-20-9-8-19(14-16(20)3)29(27,28)24-12-10-23(11-13-24)18-6-4-17(5-7-18)21(25)26/h4-9,14-15,22H,10-13H2,1-3H3,(H,25,26). The second-order valence-corrected chi connectivity index (χ2v) is 9.46. The van der Waals surface area contributed by atoms with Crippen molar-refractivity contribution in [2.75, 3.05) is 36.4 Å². The fourth-order valence-electron chi connectivity index (χ4n) is 3.42. The van der Waals surface area contributed by atoms with Crippen molar-refractivity contribution in [3.63, 3.8) is 0 Å². The van der Waals surface area contributed by atoms with Crippen LogP contribution in [0.1, 0.15) is 29.8 Å². The van der Waals surface area contributed by atoms with E-state index in [1.807, 2.05) is 26.8 Å². The fraction of sp³-hybridized carbons (Fsp3) is 0.381. The average Bonchev–Trinajstić information content (AvgIpc) is 2.69. The van der Waals surface area contributed by atoms with Crippen molar-refractivity contribution < 1.29 is 18.3 Å². The van der Waals surface area contributed by atoms with E-state index in [9.17, 15) is 13.2 Å². The maximum absolute atomic E-state index is 13.1. The van der Waals surface area contributed by atoms with Crippen molar-refractivity contribution in [1.82, 2.24) is 4.31 Å². The number of nitrogens with one attached hydrogen (secondary N) is 1. The van der Waals surface area contributed by atoms with Crippen LogP contribution in [-0.4, -0.2) is 56.0 Å². The Bertz CT molecular complexity index is 979. The molecule has 0 spiro atoms. The normalized spacial score (nSPS) is 15.5. The molecule has 0 aliphatic carbocycles. The molecule has 7 nitrogen and oxygen atoms in total. The molecule has 0 amide bonds. The van der Waals surface area contributed by atoms with Crippen molar-refractivity contribution >= 4 is 27.4 Å². The highest BCUT2D eigenvalue weighted by Crippen LogP contribution is 2.25. The van der Waals surface area contributed by atoms with Gasteiger partial charge in [-0.2, -0.15) is 4.31 Å². The van der Waals surface area contributed by atoms with Crippen LogP contribution >= 0.6 is 0 Å². The molecule has 1 heterocycles. The van der Waals surface area contributed by atoms with E-state index in [4.69, 9.17) is 5.11 Å². The molecule has 156 valence electrons. The van der Waals surface area contributed by atoms with Gasteiger partial charge in [-0.1, -0.05) is 0 Å². The molecule has 1 aliphatic rings. The number of aryl methyl sites for hydroxylation is 1. The third kappa shape index (κ3) is 4.71. The summed E-state index contributed by atoms with van der Waals surface area (Å²) in [4.78, 5) is 13.4. The maximum atomic E-state index is 13.1. The minimum Gasteiger partial charge on any atom is -0.478 e. The predicted molar refractivity (Wildman–Crippen MR) is 114 cm³/mol. The Labute approximate surface area is 172 Å². The summed E-state index contributed by atoms with van der Waals surface area (Å²) >= 11 is 0. The fourth-order valence-corrected chi connectivity index (χ4v) is 4.93. The first-order chi connectivity index (χ1) is 13.7. The second kappa shape index (κ2) is 8.42. The Balaban J connectivity index is 1.69. The van der Waals surface area contributed by atoms with Gasteiger partial charge in [0, 0.05) is 43.6 Å². The van der Waals surface area contributed by atoms with E-state index in [2.05, 4.69) is 10.2 Å². The van der Waals surface area contributed by atoms with Crippen LogP contribution < -0.4 is 10.2 Å². The third-order valence-electron chi connectivity index (χ3n) is 5.00. The van der Waals surface area contributed by atoms with Gasteiger partial charge in [0.25, 0.3) is 0 Å². The third-order valence-corrected chi connectivity index (χ3v) is 6.89. The van der Waals surface area contributed by atoms with Crippen LogP contribution in [0.2, 0.25) is 0 Å². The van der Waals surface area contributed by atoms with Gasteiger partial charge >= 0.3 is 5.97 Å². The van der Waals surface area contributed by atoms with Gasteiger partial charge in [0.1, 0.15) is 0 Å². The highest BCUT2D eigenvalue weighted by Gasteiger charge is 2.29. The lowest BCUT2D eigenvalue weighted by atomic mass is 10.2. The van der Waals surface area contributed by atoms with Crippen LogP contribution in [0.3, 0.4) is 0 Å². The molecule has 0 atom stereocenters. The van der Waals surface area contributed by atoms with E-state index < -0.39 is 16.0 Å². The number of piperazine rings is 1. The SMILES string of the molecule is Cc1cc(S(=O)(=O)N2CCN(c3ccc(C(=O)O)cc3)CC2)ccc1NC(C)C. The van der Waals surface area contributed by atoms with Crippen LogP contribution in [0.25, 0.3) is 0 Å². The van der Waals surface area contributed by atoms with E-state index in [0.29, 0.717) is 31.1 Å². The Morgan fingerprint density at radius 1 is 1.03 bits per heavy atom. The molecule has 2 aromatic rings. The second-order valence-electron chi connectivity index (χ2n) is 7.52. The summed E-state index contributed by atoms with van der Waals surface area (Å²) in [6, 6.07) is 12.1. The van der Waals surface area contributed by atoms with Crippen molar-refractivity contribution in [2.45, 2.75) is 31.7 Å².